The maximum absolute atomic E-state index is 5.86. The molecule has 17 heavy (non-hydrogen) atoms. The van der Waals surface area contributed by atoms with Gasteiger partial charge in [0.05, 0.1) is 6.54 Å². The van der Waals surface area contributed by atoms with Crippen LogP contribution in [0.15, 0.2) is 30.6 Å². The highest BCUT2D eigenvalue weighted by Gasteiger charge is 2.02. The number of rotatable bonds is 5. The standard InChI is InChI=1S/C12H17N5/c1-2-17-9-15-16-12(17)8-14-7-10-5-3-4-6-11(10)13/h3-6,9,14H,2,7-8,13H2,1H3. The Bertz CT molecular complexity index is 477. The molecule has 0 aliphatic carbocycles. The molecule has 3 N–H and O–H groups in total. The Kier molecular flexibility index (Phi) is 3.72. The highest BCUT2D eigenvalue weighted by Crippen LogP contribution is 2.09. The van der Waals surface area contributed by atoms with Crippen molar-refractivity contribution in [3.05, 3.63) is 42.0 Å². The van der Waals surface area contributed by atoms with Crippen LogP contribution >= 0.6 is 0 Å². The van der Waals surface area contributed by atoms with E-state index in [4.69, 9.17) is 5.73 Å². The Labute approximate surface area is 101 Å². The van der Waals surface area contributed by atoms with E-state index in [2.05, 4.69) is 22.4 Å². The Morgan fingerprint density at radius 1 is 1.29 bits per heavy atom. The van der Waals surface area contributed by atoms with Crippen LogP contribution in [0.25, 0.3) is 0 Å². The van der Waals surface area contributed by atoms with Gasteiger partial charge in [-0.3, -0.25) is 0 Å². The summed E-state index contributed by atoms with van der Waals surface area (Å²) in [7, 11) is 0. The summed E-state index contributed by atoms with van der Waals surface area (Å²) in [5.74, 6) is 0.946. The summed E-state index contributed by atoms with van der Waals surface area (Å²) < 4.78 is 2.02. The van der Waals surface area contributed by atoms with Crippen molar-refractivity contribution in [2.24, 2.45) is 0 Å². The van der Waals surface area contributed by atoms with E-state index < -0.39 is 0 Å². The zero-order valence-electron chi connectivity index (χ0n) is 9.93. The third-order valence-corrected chi connectivity index (χ3v) is 2.69. The molecule has 0 fully saturated rings. The number of benzene rings is 1. The van der Waals surface area contributed by atoms with Gasteiger partial charge in [0.15, 0.2) is 0 Å². The van der Waals surface area contributed by atoms with Crippen LogP contribution in [0.2, 0.25) is 0 Å². The Hall–Kier alpha value is -1.88. The molecule has 0 aliphatic heterocycles. The molecule has 0 aliphatic rings. The zero-order chi connectivity index (χ0) is 12.1. The van der Waals surface area contributed by atoms with Gasteiger partial charge in [0.1, 0.15) is 12.2 Å². The molecule has 0 bridgehead atoms. The van der Waals surface area contributed by atoms with Crippen LogP contribution in [0, 0.1) is 0 Å². The number of aromatic nitrogens is 3. The fraction of sp³-hybridized carbons (Fsp3) is 0.333. The van der Waals surface area contributed by atoms with E-state index in [0.717, 1.165) is 30.2 Å². The van der Waals surface area contributed by atoms with Gasteiger partial charge in [0.25, 0.3) is 0 Å². The number of anilines is 1. The smallest absolute Gasteiger partial charge is 0.146 e. The van der Waals surface area contributed by atoms with Crippen LogP contribution < -0.4 is 11.1 Å². The van der Waals surface area contributed by atoms with E-state index in [-0.39, 0.29) is 0 Å². The first-order valence-corrected chi connectivity index (χ1v) is 5.72. The Morgan fingerprint density at radius 3 is 2.88 bits per heavy atom. The van der Waals surface area contributed by atoms with Crippen LogP contribution in [-0.4, -0.2) is 14.8 Å². The van der Waals surface area contributed by atoms with E-state index in [1.807, 2.05) is 28.8 Å². The molecule has 2 aromatic rings. The average Bonchev–Trinajstić information content (AvgIpc) is 2.79. The predicted molar refractivity (Wildman–Crippen MR) is 67.1 cm³/mol. The molecule has 5 nitrogen and oxygen atoms in total. The molecule has 90 valence electrons. The van der Waals surface area contributed by atoms with Crippen LogP contribution in [0.1, 0.15) is 18.3 Å². The van der Waals surface area contributed by atoms with Crippen molar-refractivity contribution in [3.63, 3.8) is 0 Å². The molecule has 5 heteroatoms. The molecule has 0 unspecified atom stereocenters. The lowest BCUT2D eigenvalue weighted by atomic mass is 10.2. The minimum absolute atomic E-state index is 0.697. The summed E-state index contributed by atoms with van der Waals surface area (Å²) in [6.07, 6.45) is 1.74. The van der Waals surface area contributed by atoms with Crippen molar-refractivity contribution >= 4 is 5.69 Å². The molecular weight excluding hydrogens is 214 g/mol. The van der Waals surface area contributed by atoms with Gasteiger partial charge in [-0.2, -0.15) is 0 Å². The molecule has 1 aromatic heterocycles. The van der Waals surface area contributed by atoms with Crippen LogP contribution in [0.4, 0.5) is 5.69 Å². The highest BCUT2D eigenvalue weighted by molar-refractivity contribution is 5.46. The normalized spacial score (nSPS) is 10.6. The summed E-state index contributed by atoms with van der Waals surface area (Å²) in [4.78, 5) is 0. The molecule has 1 aromatic carbocycles. The third-order valence-electron chi connectivity index (χ3n) is 2.69. The van der Waals surface area contributed by atoms with E-state index in [1.165, 1.54) is 0 Å². The SMILES string of the molecule is CCn1cnnc1CNCc1ccccc1N. The number of hydrogen-bond acceptors (Lipinski definition) is 4. The second-order valence-corrected chi connectivity index (χ2v) is 3.84. The van der Waals surface area contributed by atoms with Crippen molar-refractivity contribution in [1.82, 2.24) is 20.1 Å². The molecule has 0 saturated carbocycles. The van der Waals surface area contributed by atoms with Gasteiger partial charge in [-0.1, -0.05) is 18.2 Å². The number of para-hydroxylation sites is 1. The number of nitrogens with one attached hydrogen (secondary N) is 1. The largest absolute Gasteiger partial charge is 0.398 e. The van der Waals surface area contributed by atoms with Crippen LogP contribution in [0.3, 0.4) is 0 Å². The second-order valence-electron chi connectivity index (χ2n) is 3.84. The summed E-state index contributed by atoms with van der Waals surface area (Å²) >= 11 is 0. The fourth-order valence-corrected chi connectivity index (χ4v) is 1.68. The number of nitrogens with zero attached hydrogens (tertiary/aromatic N) is 3. The van der Waals surface area contributed by atoms with Crippen LogP contribution in [-0.2, 0) is 19.6 Å². The van der Waals surface area contributed by atoms with Gasteiger partial charge in [-0.05, 0) is 18.6 Å². The molecule has 0 spiro atoms. The first-order valence-electron chi connectivity index (χ1n) is 5.72. The molecule has 1 heterocycles. The second kappa shape index (κ2) is 5.45. The van der Waals surface area contributed by atoms with Crippen LogP contribution in [0.5, 0.6) is 0 Å². The van der Waals surface area contributed by atoms with Crippen molar-refractivity contribution in [2.75, 3.05) is 5.73 Å². The van der Waals surface area contributed by atoms with Crippen molar-refractivity contribution in [1.29, 1.82) is 0 Å². The van der Waals surface area contributed by atoms with Gasteiger partial charge < -0.3 is 15.6 Å². The van der Waals surface area contributed by atoms with Gasteiger partial charge in [-0.15, -0.1) is 10.2 Å². The number of nitrogen functional groups attached to an aromatic ring is 1. The maximum Gasteiger partial charge on any atom is 0.146 e. The Morgan fingerprint density at radius 2 is 2.12 bits per heavy atom. The molecule has 0 atom stereocenters. The van der Waals surface area contributed by atoms with E-state index in [0.29, 0.717) is 6.54 Å². The van der Waals surface area contributed by atoms with Gasteiger partial charge >= 0.3 is 0 Å². The summed E-state index contributed by atoms with van der Waals surface area (Å²) in [6, 6.07) is 7.85. The number of nitrogens with two attached hydrogens (primary N) is 1. The summed E-state index contributed by atoms with van der Waals surface area (Å²) in [5, 5.41) is 11.3. The summed E-state index contributed by atoms with van der Waals surface area (Å²) in [6.45, 7) is 4.39. The van der Waals surface area contributed by atoms with E-state index in [9.17, 15) is 0 Å². The molecule has 2 rings (SSSR count). The molecule has 0 radical (unpaired) electrons. The van der Waals surface area contributed by atoms with Crippen molar-refractivity contribution < 1.29 is 0 Å². The van der Waals surface area contributed by atoms with E-state index in [1.54, 1.807) is 6.33 Å². The minimum Gasteiger partial charge on any atom is -0.398 e. The Balaban J connectivity index is 1.90. The quantitative estimate of drug-likeness (QED) is 0.758. The average molecular weight is 231 g/mol. The van der Waals surface area contributed by atoms with Crippen molar-refractivity contribution in [3.8, 4) is 0 Å². The monoisotopic (exact) mass is 231 g/mol. The molecule has 0 saturated heterocycles. The maximum atomic E-state index is 5.86. The zero-order valence-corrected chi connectivity index (χ0v) is 9.93. The molecule has 0 amide bonds. The predicted octanol–water partition coefficient (Wildman–Crippen LogP) is 1.17. The third kappa shape index (κ3) is 2.82. The van der Waals surface area contributed by atoms with Gasteiger partial charge in [0, 0.05) is 18.8 Å². The van der Waals surface area contributed by atoms with E-state index >= 15 is 0 Å². The van der Waals surface area contributed by atoms with Crippen molar-refractivity contribution in [2.45, 2.75) is 26.6 Å². The lowest BCUT2D eigenvalue weighted by Gasteiger charge is -2.07. The topological polar surface area (TPSA) is 68.8 Å². The number of aryl methyl sites for hydroxylation is 1. The lowest BCUT2D eigenvalue weighted by Crippen LogP contribution is -2.17. The number of hydrogen-bond donors (Lipinski definition) is 2. The minimum atomic E-state index is 0.697. The van der Waals surface area contributed by atoms with Gasteiger partial charge in [-0.25, -0.2) is 0 Å². The lowest BCUT2D eigenvalue weighted by molar-refractivity contribution is 0.613. The summed E-state index contributed by atoms with van der Waals surface area (Å²) in [5.41, 5.74) is 7.79. The molecular formula is C12H17N5. The first-order chi connectivity index (χ1) is 8.31. The fourth-order valence-electron chi connectivity index (χ4n) is 1.68. The van der Waals surface area contributed by atoms with Gasteiger partial charge in [0.2, 0.25) is 0 Å². The first kappa shape index (κ1) is 11.6. The highest BCUT2D eigenvalue weighted by atomic mass is 15.3.